The van der Waals surface area contributed by atoms with Gasteiger partial charge in [-0.1, -0.05) is 49.5 Å². The second-order valence-corrected chi connectivity index (χ2v) is 3.08. The van der Waals surface area contributed by atoms with Crippen LogP contribution in [0.15, 0.2) is 48.1 Å². The topological polar surface area (TPSA) is 0 Å². The molecule has 0 nitrogen and oxygen atoms in total. The van der Waals surface area contributed by atoms with Crippen molar-refractivity contribution in [3.8, 4) is 0 Å². The van der Waals surface area contributed by atoms with E-state index >= 15 is 0 Å². The Bertz CT molecular complexity index is 222. The van der Waals surface area contributed by atoms with Gasteiger partial charge in [-0.25, -0.2) is 0 Å². The number of hydrogen-bond donors (Lipinski definition) is 0. The van der Waals surface area contributed by atoms with Crippen LogP contribution in [0.4, 0.5) is 0 Å². The van der Waals surface area contributed by atoms with E-state index in [2.05, 4.69) is 46.1 Å². The van der Waals surface area contributed by atoms with E-state index in [0.29, 0.717) is 0 Å². The van der Waals surface area contributed by atoms with Crippen LogP contribution in [0.25, 0.3) is 0 Å². The van der Waals surface area contributed by atoms with Gasteiger partial charge in [-0.15, -0.1) is 0 Å². The maximum atomic E-state index is 3.91. The molecule has 0 unspecified atom stereocenters. The van der Waals surface area contributed by atoms with Crippen LogP contribution in [0.3, 0.4) is 0 Å². The Labute approximate surface area is 76.0 Å². The molecular weight excluding hydrogens is 144 g/mol. The van der Waals surface area contributed by atoms with Crippen molar-refractivity contribution in [2.45, 2.75) is 27.2 Å². The lowest BCUT2D eigenvalue weighted by Gasteiger charge is -1.97. The van der Waals surface area contributed by atoms with Gasteiger partial charge in [-0.2, -0.15) is 0 Å². The highest BCUT2D eigenvalue weighted by molar-refractivity contribution is 5.36. The van der Waals surface area contributed by atoms with Gasteiger partial charge in [-0.05, 0) is 25.8 Å². The van der Waals surface area contributed by atoms with E-state index in [4.69, 9.17) is 0 Å². The van der Waals surface area contributed by atoms with Crippen LogP contribution < -0.4 is 0 Å². The lowest BCUT2D eigenvalue weighted by atomic mass is 10.1. The fourth-order valence-corrected chi connectivity index (χ4v) is 0.831. The van der Waals surface area contributed by atoms with Crippen molar-refractivity contribution in [3.05, 3.63) is 48.1 Å². The molecule has 0 saturated carbocycles. The van der Waals surface area contributed by atoms with Gasteiger partial charge in [0.05, 0.1) is 0 Å². The molecule has 12 heavy (non-hydrogen) atoms. The largest absolute Gasteiger partial charge is 0.0985 e. The zero-order chi connectivity index (χ0) is 9.56. The molecule has 0 saturated heterocycles. The Hall–Kier alpha value is -1.04. The molecular formula is C12H18. The van der Waals surface area contributed by atoms with Gasteiger partial charge in [0.2, 0.25) is 0 Å². The van der Waals surface area contributed by atoms with E-state index in [9.17, 15) is 0 Å². The number of allylic oxidation sites excluding steroid dienone is 6. The molecule has 0 aromatic rings. The molecule has 0 amide bonds. The smallest absolute Gasteiger partial charge is 0.0261 e. The Morgan fingerprint density at radius 3 is 2.17 bits per heavy atom. The molecule has 0 bridgehead atoms. The van der Waals surface area contributed by atoms with Gasteiger partial charge in [0, 0.05) is 0 Å². The summed E-state index contributed by atoms with van der Waals surface area (Å²) in [6.07, 6.45) is 7.02. The maximum absolute atomic E-state index is 3.91. The number of rotatable bonds is 4. The molecule has 0 rings (SSSR count). The summed E-state index contributed by atoms with van der Waals surface area (Å²) in [4.78, 5) is 0. The quantitative estimate of drug-likeness (QED) is 0.547. The molecule has 0 heteroatoms. The zero-order valence-corrected chi connectivity index (χ0v) is 8.35. The predicted octanol–water partition coefficient (Wildman–Crippen LogP) is 4.03. The summed E-state index contributed by atoms with van der Waals surface area (Å²) < 4.78 is 0. The van der Waals surface area contributed by atoms with Gasteiger partial charge in [-0.3, -0.25) is 0 Å². The van der Waals surface area contributed by atoms with E-state index in [1.807, 2.05) is 6.08 Å². The highest BCUT2D eigenvalue weighted by Gasteiger charge is 1.88. The van der Waals surface area contributed by atoms with E-state index in [0.717, 1.165) is 17.6 Å². The van der Waals surface area contributed by atoms with Crippen LogP contribution in [-0.4, -0.2) is 0 Å². The lowest BCUT2D eigenvalue weighted by molar-refractivity contribution is 1.15. The molecule has 0 N–H and O–H groups in total. The SMILES string of the molecule is C=C/C(C=C(C)C)=C/C(=C)CC. The minimum absolute atomic E-state index is 0.994. The minimum Gasteiger partial charge on any atom is -0.0985 e. The van der Waals surface area contributed by atoms with Crippen molar-refractivity contribution in [1.82, 2.24) is 0 Å². The first kappa shape index (κ1) is 11.0. The van der Waals surface area contributed by atoms with Gasteiger partial charge in [0.15, 0.2) is 0 Å². The van der Waals surface area contributed by atoms with Crippen molar-refractivity contribution in [2.24, 2.45) is 0 Å². The van der Waals surface area contributed by atoms with Crippen molar-refractivity contribution >= 4 is 0 Å². The standard InChI is InChI=1S/C12H18/c1-6-11(5)9-12(7-2)8-10(3)4/h7-9H,2,5-6H2,1,3-4H3/b12-9-. The van der Waals surface area contributed by atoms with Gasteiger partial charge in [0.25, 0.3) is 0 Å². The molecule has 0 heterocycles. The average Bonchev–Trinajstić information content (AvgIpc) is 2.02. The van der Waals surface area contributed by atoms with Crippen LogP contribution in [0, 0.1) is 0 Å². The zero-order valence-electron chi connectivity index (χ0n) is 8.35. The van der Waals surface area contributed by atoms with E-state index < -0.39 is 0 Å². The van der Waals surface area contributed by atoms with Crippen molar-refractivity contribution < 1.29 is 0 Å². The van der Waals surface area contributed by atoms with Crippen molar-refractivity contribution in [1.29, 1.82) is 0 Å². The maximum Gasteiger partial charge on any atom is -0.0261 e. The Morgan fingerprint density at radius 1 is 1.25 bits per heavy atom. The van der Waals surface area contributed by atoms with Crippen LogP contribution in [0.1, 0.15) is 27.2 Å². The van der Waals surface area contributed by atoms with Gasteiger partial charge >= 0.3 is 0 Å². The Balaban J connectivity index is 4.55. The Morgan fingerprint density at radius 2 is 1.83 bits per heavy atom. The van der Waals surface area contributed by atoms with E-state index in [1.54, 1.807) is 0 Å². The third-order valence-corrected chi connectivity index (χ3v) is 1.52. The molecule has 66 valence electrons. The third kappa shape index (κ3) is 4.73. The Kier molecular flexibility index (Phi) is 5.11. The van der Waals surface area contributed by atoms with Gasteiger partial charge in [0.1, 0.15) is 0 Å². The molecule has 0 aliphatic carbocycles. The minimum atomic E-state index is 0.994. The molecule has 0 aliphatic heterocycles. The summed E-state index contributed by atoms with van der Waals surface area (Å²) >= 11 is 0. The molecule has 0 aliphatic rings. The molecule has 0 spiro atoms. The molecule has 0 aromatic carbocycles. The van der Waals surface area contributed by atoms with E-state index in [1.165, 1.54) is 5.57 Å². The van der Waals surface area contributed by atoms with Crippen LogP contribution >= 0.6 is 0 Å². The van der Waals surface area contributed by atoms with Crippen LogP contribution in [-0.2, 0) is 0 Å². The van der Waals surface area contributed by atoms with Crippen molar-refractivity contribution in [3.63, 3.8) is 0 Å². The first-order valence-corrected chi connectivity index (χ1v) is 4.27. The second-order valence-electron chi connectivity index (χ2n) is 3.08. The fraction of sp³-hybridized carbons (Fsp3) is 0.333. The predicted molar refractivity (Wildman–Crippen MR) is 57.1 cm³/mol. The molecule has 0 atom stereocenters. The van der Waals surface area contributed by atoms with Gasteiger partial charge < -0.3 is 0 Å². The second kappa shape index (κ2) is 5.59. The first-order chi connectivity index (χ1) is 5.60. The highest BCUT2D eigenvalue weighted by atomic mass is 13.9. The monoisotopic (exact) mass is 162 g/mol. The first-order valence-electron chi connectivity index (χ1n) is 4.27. The molecule has 0 aromatic heterocycles. The summed E-state index contributed by atoms with van der Waals surface area (Å²) in [6.45, 7) is 13.9. The van der Waals surface area contributed by atoms with Crippen LogP contribution in [0.5, 0.6) is 0 Å². The number of hydrogen-bond acceptors (Lipinski definition) is 0. The van der Waals surface area contributed by atoms with Crippen LogP contribution in [0.2, 0.25) is 0 Å². The summed E-state index contributed by atoms with van der Waals surface area (Å²) in [5.41, 5.74) is 3.56. The average molecular weight is 162 g/mol. The lowest BCUT2D eigenvalue weighted by Crippen LogP contribution is -1.77. The highest BCUT2D eigenvalue weighted by Crippen LogP contribution is 2.08. The molecule has 0 radical (unpaired) electrons. The summed E-state index contributed by atoms with van der Waals surface area (Å²) in [6, 6.07) is 0. The fourth-order valence-electron chi connectivity index (χ4n) is 0.831. The summed E-state index contributed by atoms with van der Waals surface area (Å²) in [5, 5.41) is 0. The summed E-state index contributed by atoms with van der Waals surface area (Å²) in [7, 11) is 0. The van der Waals surface area contributed by atoms with E-state index in [-0.39, 0.29) is 0 Å². The van der Waals surface area contributed by atoms with Crippen molar-refractivity contribution in [2.75, 3.05) is 0 Å². The molecule has 0 fully saturated rings. The third-order valence-electron chi connectivity index (χ3n) is 1.52. The normalized spacial score (nSPS) is 10.8. The summed E-state index contributed by atoms with van der Waals surface area (Å²) in [5.74, 6) is 0.